The smallest absolute Gasteiger partial charge is 0.328 e. The Bertz CT molecular complexity index is 797. The normalized spacial score (nSPS) is 16.9. The first-order valence-electron chi connectivity index (χ1n) is 7.64. The molecule has 1 aromatic heterocycles. The van der Waals surface area contributed by atoms with Crippen LogP contribution in [0, 0.1) is 6.92 Å². The van der Waals surface area contributed by atoms with Crippen molar-refractivity contribution in [1.82, 2.24) is 9.88 Å². The lowest BCUT2D eigenvalue weighted by molar-refractivity contribution is -0.152. The third-order valence-corrected chi connectivity index (χ3v) is 4.91. The van der Waals surface area contributed by atoms with Crippen molar-refractivity contribution in [2.75, 3.05) is 7.11 Å². The molecule has 3 rings (SSSR count). The predicted molar refractivity (Wildman–Crippen MR) is 92.4 cm³/mol. The van der Waals surface area contributed by atoms with E-state index in [2.05, 4.69) is 4.98 Å². The van der Waals surface area contributed by atoms with Gasteiger partial charge < -0.3 is 9.64 Å². The van der Waals surface area contributed by atoms with Gasteiger partial charge in [-0.2, -0.15) is 0 Å². The molecule has 0 unspecified atom stereocenters. The highest BCUT2D eigenvalue weighted by Gasteiger charge is 2.34. The van der Waals surface area contributed by atoms with Crippen molar-refractivity contribution >= 4 is 29.3 Å². The van der Waals surface area contributed by atoms with Crippen LogP contribution in [0.1, 0.15) is 21.0 Å². The van der Waals surface area contributed by atoms with Crippen LogP contribution in [0.3, 0.4) is 0 Å². The van der Waals surface area contributed by atoms with E-state index < -0.39 is 6.04 Å². The number of amides is 1. The first kappa shape index (κ1) is 16.4. The van der Waals surface area contributed by atoms with Gasteiger partial charge in [-0.1, -0.05) is 24.3 Å². The van der Waals surface area contributed by atoms with E-state index in [1.165, 1.54) is 24.5 Å². The molecular formula is C18H18N2O3S. The van der Waals surface area contributed by atoms with Gasteiger partial charge in [0.25, 0.3) is 0 Å². The van der Waals surface area contributed by atoms with E-state index in [0.717, 1.165) is 21.0 Å². The molecule has 124 valence electrons. The number of benzene rings is 1. The van der Waals surface area contributed by atoms with Crippen LogP contribution in [0.25, 0.3) is 6.08 Å². The van der Waals surface area contributed by atoms with Gasteiger partial charge in [0.05, 0.1) is 12.1 Å². The predicted octanol–water partition coefficient (Wildman–Crippen LogP) is 2.59. The summed E-state index contributed by atoms with van der Waals surface area (Å²) in [7, 11) is 1.35. The Morgan fingerprint density at radius 1 is 1.33 bits per heavy atom. The maximum absolute atomic E-state index is 12.6. The van der Waals surface area contributed by atoms with Crippen LogP contribution < -0.4 is 0 Å². The second-order valence-electron chi connectivity index (χ2n) is 5.59. The fourth-order valence-corrected chi connectivity index (χ4v) is 3.49. The minimum Gasteiger partial charge on any atom is -0.467 e. The summed E-state index contributed by atoms with van der Waals surface area (Å²) in [5.41, 5.74) is 2.15. The molecule has 6 heteroatoms. The molecule has 1 aliphatic heterocycles. The van der Waals surface area contributed by atoms with Gasteiger partial charge in [-0.15, -0.1) is 11.3 Å². The number of carbonyl (C=O) groups excluding carboxylic acids is 2. The van der Waals surface area contributed by atoms with Crippen LogP contribution in [0.2, 0.25) is 0 Å². The molecule has 0 fully saturated rings. The van der Waals surface area contributed by atoms with E-state index in [-0.39, 0.29) is 11.9 Å². The van der Waals surface area contributed by atoms with Gasteiger partial charge >= 0.3 is 5.97 Å². The van der Waals surface area contributed by atoms with E-state index in [9.17, 15) is 9.59 Å². The largest absolute Gasteiger partial charge is 0.467 e. The summed E-state index contributed by atoms with van der Waals surface area (Å²) in [4.78, 5) is 31.4. The standard InChI is InChI=1S/C18H18N2O3S/c1-12-19-10-15(24-12)7-8-17(21)20-11-14-6-4-3-5-13(14)9-16(20)18(22)23-2/h3-8,10,16H,9,11H2,1-2H3/b8-7+/t16-/m0/s1. The van der Waals surface area contributed by atoms with Crippen LogP contribution in [0.5, 0.6) is 0 Å². The van der Waals surface area contributed by atoms with Gasteiger partial charge in [0, 0.05) is 30.1 Å². The fourth-order valence-electron chi connectivity index (χ4n) is 2.81. The van der Waals surface area contributed by atoms with Crippen molar-refractivity contribution in [1.29, 1.82) is 0 Å². The Kier molecular flexibility index (Phi) is 4.76. The fraction of sp³-hybridized carbons (Fsp3) is 0.278. The number of fused-ring (bicyclic) bond motifs is 1. The van der Waals surface area contributed by atoms with Gasteiger partial charge in [0.15, 0.2) is 0 Å². The first-order chi connectivity index (χ1) is 11.6. The molecule has 24 heavy (non-hydrogen) atoms. The molecule has 0 N–H and O–H groups in total. The summed E-state index contributed by atoms with van der Waals surface area (Å²) in [5.74, 6) is -0.592. The van der Waals surface area contributed by atoms with E-state index in [1.54, 1.807) is 17.2 Å². The zero-order valence-electron chi connectivity index (χ0n) is 13.6. The Labute approximate surface area is 144 Å². The Morgan fingerprint density at radius 3 is 2.75 bits per heavy atom. The molecule has 0 aliphatic carbocycles. The van der Waals surface area contributed by atoms with E-state index >= 15 is 0 Å². The third kappa shape index (κ3) is 3.38. The average molecular weight is 342 g/mol. The van der Waals surface area contributed by atoms with Crippen LogP contribution in [-0.2, 0) is 27.3 Å². The van der Waals surface area contributed by atoms with Crippen molar-refractivity contribution in [2.45, 2.75) is 25.9 Å². The number of carbonyl (C=O) groups is 2. The molecule has 0 bridgehead atoms. The second-order valence-corrected chi connectivity index (χ2v) is 6.86. The molecule has 0 saturated carbocycles. The molecule has 2 aromatic rings. The second kappa shape index (κ2) is 6.97. The van der Waals surface area contributed by atoms with Gasteiger partial charge in [-0.25, -0.2) is 9.78 Å². The number of nitrogens with zero attached hydrogens (tertiary/aromatic N) is 2. The summed E-state index contributed by atoms with van der Waals surface area (Å²) in [6.45, 7) is 2.32. The lowest BCUT2D eigenvalue weighted by atomic mass is 9.94. The summed E-state index contributed by atoms with van der Waals surface area (Å²) in [5, 5.41) is 0.946. The minimum absolute atomic E-state index is 0.203. The van der Waals surface area contributed by atoms with Crippen molar-refractivity contribution in [3.8, 4) is 0 Å². The number of thiazole rings is 1. The van der Waals surface area contributed by atoms with Gasteiger partial charge in [-0.05, 0) is 24.1 Å². The SMILES string of the molecule is COC(=O)[C@@H]1Cc2ccccc2CN1C(=O)/C=C/c1cnc(C)s1. The van der Waals surface area contributed by atoms with Crippen LogP contribution >= 0.6 is 11.3 Å². The lowest BCUT2D eigenvalue weighted by Gasteiger charge is -2.34. The number of methoxy groups -OCH3 is 1. The minimum atomic E-state index is -0.592. The van der Waals surface area contributed by atoms with E-state index in [0.29, 0.717) is 13.0 Å². The summed E-state index contributed by atoms with van der Waals surface area (Å²) in [6, 6.07) is 7.26. The van der Waals surface area contributed by atoms with Crippen molar-refractivity contribution in [3.63, 3.8) is 0 Å². The molecule has 0 spiro atoms. The number of aromatic nitrogens is 1. The van der Waals surface area contributed by atoms with Crippen molar-refractivity contribution < 1.29 is 14.3 Å². The third-order valence-electron chi connectivity index (χ3n) is 4.03. The zero-order chi connectivity index (χ0) is 17.1. The van der Waals surface area contributed by atoms with Crippen molar-refractivity contribution in [3.05, 3.63) is 57.6 Å². The number of hydrogen-bond donors (Lipinski definition) is 0. The van der Waals surface area contributed by atoms with E-state index in [1.807, 2.05) is 31.2 Å². The molecule has 1 aromatic carbocycles. The van der Waals surface area contributed by atoms with Crippen LogP contribution in [0.4, 0.5) is 0 Å². The Balaban J connectivity index is 1.84. The van der Waals surface area contributed by atoms with Gasteiger partial charge in [0.1, 0.15) is 6.04 Å². The molecule has 1 amide bonds. The quantitative estimate of drug-likeness (QED) is 0.635. The molecule has 1 atom stereocenters. The maximum atomic E-state index is 12.6. The Morgan fingerprint density at radius 2 is 2.08 bits per heavy atom. The highest BCUT2D eigenvalue weighted by molar-refractivity contribution is 7.12. The molecule has 1 aliphatic rings. The van der Waals surface area contributed by atoms with Crippen LogP contribution in [-0.4, -0.2) is 34.9 Å². The molecule has 5 nitrogen and oxygen atoms in total. The molecular weight excluding hydrogens is 324 g/mol. The molecule has 0 radical (unpaired) electrons. The molecule has 2 heterocycles. The summed E-state index contributed by atoms with van der Waals surface area (Å²) in [6.07, 6.45) is 5.44. The monoisotopic (exact) mass is 342 g/mol. The number of ether oxygens (including phenoxy) is 1. The van der Waals surface area contributed by atoms with Crippen molar-refractivity contribution in [2.24, 2.45) is 0 Å². The summed E-state index contributed by atoms with van der Waals surface area (Å²) >= 11 is 1.52. The highest BCUT2D eigenvalue weighted by Crippen LogP contribution is 2.24. The lowest BCUT2D eigenvalue weighted by Crippen LogP contribution is -2.48. The topological polar surface area (TPSA) is 59.5 Å². The summed E-state index contributed by atoms with van der Waals surface area (Å²) < 4.78 is 4.89. The number of rotatable bonds is 3. The number of aryl methyl sites for hydroxylation is 1. The Hall–Kier alpha value is -2.47. The van der Waals surface area contributed by atoms with Gasteiger partial charge in [0.2, 0.25) is 5.91 Å². The maximum Gasteiger partial charge on any atom is 0.328 e. The van der Waals surface area contributed by atoms with Crippen LogP contribution in [0.15, 0.2) is 36.5 Å². The highest BCUT2D eigenvalue weighted by atomic mass is 32.1. The first-order valence-corrected chi connectivity index (χ1v) is 8.46. The zero-order valence-corrected chi connectivity index (χ0v) is 14.4. The van der Waals surface area contributed by atoms with Gasteiger partial charge in [-0.3, -0.25) is 4.79 Å². The number of esters is 1. The molecule has 0 saturated heterocycles. The average Bonchev–Trinajstić information content (AvgIpc) is 3.03. The number of hydrogen-bond acceptors (Lipinski definition) is 5. The van der Waals surface area contributed by atoms with E-state index in [4.69, 9.17) is 4.74 Å².